The van der Waals surface area contributed by atoms with Crippen LogP contribution in [0.2, 0.25) is 0 Å². The number of amides is 3. The number of para-hydroxylation sites is 1. The van der Waals surface area contributed by atoms with Crippen molar-refractivity contribution in [2.45, 2.75) is 18.5 Å². The van der Waals surface area contributed by atoms with E-state index in [0.29, 0.717) is 24.3 Å². The zero-order valence-corrected chi connectivity index (χ0v) is 14.9. The first kappa shape index (κ1) is 17.1. The number of carbonyl (C=O) groups excluding carboxylic acids is 2. The minimum Gasteiger partial charge on any atom is -0.493 e. The predicted molar refractivity (Wildman–Crippen MR) is 94.2 cm³/mol. The smallest absolute Gasteiger partial charge is 0.330 e. The molecule has 27 heavy (non-hydrogen) atoms. The largest absolute Gasteiger partial charge is 0.493 e. The normalized spacial score (nSPS) is 21.2. The monoisotopic (exact) mass is 370 g/mol. The summed E-state index contributed by atoms with van der Waals surface area (Å²) < 4.78 is 7.82. The highest BCUT2D eigenvalue weighted by molar-refractivity contribution is 6.07. The second-order valence-electron chi connectivity index (χ2n) is 6.70. The van der Waals surface area contributed by atoms with Crippen molar-refractivity contribution in [1.29, 1.82) is 0 Å². The summed E-state index contributed by atoms with van der Waals surface area (Å²) in [4.78, 5) is 50.9. The van der Waals surface area contributed by atoms with Crippen molar-refractivity contribution in [1.82, 2.24) is 19.4 Å². The lowest BCUT2D eigenvalue weighted by atomic mass is 9.84. The Bertz CT molecular complexity index is 1090. The molecule has 1 spiro atoms. The number of carbonyl (C=O) groups is 2. The number of imide groups is 1. The lowest BCUT2D eigenvalue weighted by molar-refractivity contribution is -0.133. The maximum absolute atomic E-state index is 13.2. The minimum atomic E-state index is -1.19. The number of aromatic nitrogens is 2. The fourth-order valence-corrected chi connectivity index (χ4v) is 3.61. The molecule has 4 rings (SSSR count). The molecule has 3 amide bonds. The molecule has 0 unspecified atom stereocenters. The average Bonchev–Trinajstić information content (AvgIpc) is 2.89. The molecule has 0 radical (unpaired) electrons. The number of nitrogens with zero attached hydrogens (tertiary/aromatic N) is 3. The summed E-state index contributed by atoms with van der Waals surface area (Å²) in [7, 11) is 2.87. The third kappa shape index (κ3) is 2.38. The van der Waals surface area contributed by atoms with Crippen molar-refractivity contribution in [3.63, 3.8) is 0 Å². The first-order valence-electron chi connectivity index (χ1n) is 8.47. The van der Waals surface area contributed by atoms with Crippen LogP contribution in [-0.2, 0) is 31.0 Å². The van der Waals surface area contributed by atoms with E-state index in [-0.39, 0.29) is 12.2 Å². The van der Waals surface area contributed by atoms with Gasteiger partial charge in [-0.2, -0.15) is 0 Å². The molecular weight excluding hydrogens is 352 g/mol. The second-order valence-corrected chi connectivity index (χ2v) is 6.70. The van der Waals surface area contributed by atoms with Crippen molar-refractivity contribution in [3.8, 4) is 5.75 Å². The maximum Gasteiger partial charge on any atom is 0.330 e. The Hall–Kier alpha value is -3.36. The van der Waals surface area contributed by atoms with E-state index in [9.17, 15) is 19.2 Å². The first-order chi connectivity index (χ1) is 12.8. The molecule has 0 bridgehead atoms. The number of urea groups is 1. The van der Waals surface area contributed by atoms with Gasteiger partial charge in [0.05, 0.1) is 13.2 Å². The Morgan fingerprint density at radius 3 is 2.63 bits per heavy atom. The fraction of sp³-hybridized carbons (Fsp3) is 0.333. The number of benzene rings is 1. The van der Waals surface area contributed by atoms with Crippen LogP contribution in [0.3, 0.4) is 0 Å². The van der Waals surface area contributed by atoms with Gasteiger partial charge in [0, 0.05) is 37.8 Å². The zero-order valence-electron chi connectivity index (χ0n) is 14.9. The van der Waals surface area contributed by atoms with Crippen LogP contribution < -0.4 is 21.3 Å². The number of fused-ring (bicyclic) bond motifs is 2. The molecule has 1 N–H and O–H groups in total. The van der Waals surface area contributed by atoms with E-state index in [0.717, 1.165) is 9.47 Å². The van der Waals surface area contributed by atoms with Gasteiger partial charge in [-0.3, -0.25) is 23.6 Å². The number of hydrogen-bond acceptors (Lipinski definition) is 5. The van der Waals surface area contributed by atoms with Crippen LogP contribution in [0.15, 0.2) is 39.9 Å². The van der Waals surface area contributed by atoms with Gasteiger partial charge in [0.1, 0.15) is 5.75 Å². The van der Waals surface area contributed by atoms with Gasteiger partial charge in [0.2, 0.25) is 0 Å². The van der Waals surface area contributed by atoms with Crippen LogP contribution in [0, 0.1) is 0 Å². The molecule has 9 heteroatoms. The second kappa shape index (κ2) is 5.83. The van der Waals surface area contributed by atoms with Gasteiger partial charge in [-0.05, 0) is 6.07 Å². The molecule has 2 aliphatic rings. The summed E-state index contributed by atoms with van der Waals surface area (Å²) in [5.41, 5.74) is -1.31. The molecule has 2 aromatic rings. The van der Waals surface area contributed by atoms with Gasteiger partial charge >= 0.3 is 11.7 Å². The molecule has 140 valence electrons. The van der Waals surface area contributed by atoms with Crippen molar-refractivity contribution in [3.05, 3.63) is 62.4 Å². The van der Waals surface area contributed by atoms with Crippen molar-refractivity contribution in [2.24, 2.45) is 14.1 Å². The SMILES string of the molecule is Cn1c(CN2C(=O)N[C@@]3(CCOc4ccccc43)C2=O)cc(=O)n(C)c1=O. The Morgan fingerprint density at radius 1 is 1.11 bits per heavy atom. The quantitative estimate of drug-likeness (QED) is 0.739. The van der Waals surface area contributed by atoms with E-state index in [1.165, 1.54) is 24.7 Å². The molecule has 2 aliphatic heterocycles. The Labute approximate surface area is 153 Å². The highest BCUT2D eigenvalue weighted by Crippen LogP contribution is 2.41. The van der Waals surface area contributed by atoms with Gasteiger partial charge < -0.3 is 10.1 Å². The Morgan fingerprint density at radius 2 is 1.85 bits per heavy atom. The highest BCUT2D eigenvalue weighted by atomic mass is 16.5. The third-order valence-electron chi connectivity index (χ3n) is 5.20. The molecule has 1 aromatic heterocycles. The summed E-state index contributed by atoms with van der Waals surface area (Å²) in [5, 5.41) is 2.79. The number of hydrogen-bond donors (Lipinski definition) is 1. The van der Waals surface area contributed by atoms with Crippen LogP contribution in [0.1, 0.15) is 17.7 Å². The van der Waals surface area contributed by atoms with E-state index in [2.05, 4.69) is 5.32 Å². The maximum atomic E-state index is 13.2. The van der Waals surface area contributed by atoms with Crippen LogP contribution in [-0.4, -0.2) is 32.6 Å². The topological polar surface area (TPSA) is 103 Å². The summed E-state index contributed by atoms with van der Waals surface area (Å²) in [5.74, 6) is 0.136. The van der Waals surface area contributed by atoms with Crippen molar-refractivity contribution >= 4 is 11.9 Å². The summed E-state index contributed by atoms with van der Waals surface area (Å²) in [6, 6.07) is 7.77. The summed E-state index contributed by atoms with van der Waals surface area (Å²) in [6.07, 6.45) is 0.306. The van der Waals surface area contributed by atoms with Gasteiger partial charge in [-0.1, -0.05) is 18.2 Å². The molecule has 3 heterocycles. The van der Waals surface area contributed by atoms with E-state index < -0.39 is 28.7 Å². The standard InChI is InChI=1S/C18H18N4O5/c1-20-11(9-14(23)21(2)17(20)26)10-22-15(24)18(19-16(22)25)7-8-27-13-6-4-3-5-12(13)18/h3-6,9H,7-8,10H2,1-2H3,(H,19,25)/t18-/m1/s1. The molecule has 1 atom stereocenters. The highest BCUT2D eigenvalue weighted by Gasteiger charge is 2.54. The minimum absolute atomic E-state index is 0.169. The van der Waals surface area contributed by atoms with E-state index in [1.54, 1.807) is 24.3 Å². The molecule has 9 nitrogen and oxygen atoms in total. The van der Waals surface area contributed by atoms with Crippen LogP contribution >= 0.6 is 0 Å². The fourth-order valence-electron chi connectivity index (χ4n) is 3.61. The van der Waals surface area contributed by atoms with Gasteiger partial charge in [-0.15, -0.1) is 0 Å². The third-order valence-corrected chi connectivity index (χ3v) is 5.20. The van der Waals surface area contributed by atoms with E-state index >= 15 is 0 Å². The molecule has 0 saturated carbocycles. The molecule has 0 aliphatic carbocycles. The van der Waals surface area contributed by atoms with Crippen molar-refractivity contribution < 1.29 is 14.3 Å². The van der Waals surface area contributed by atoms with E-state index in [1.807, 2.05) is 0 Å². The number of rotatable bonds is 2. The van der Waals surface area contributed by atoms with Crippen LogP contribution in [0.5, 0.6) is 5.75 Å². The summed E-state index contributed by atoms with van der Waals surface area (Å²) in [6.45, 7) is 0.124. The number of ether oxygens (including phenoxy) is 1. The van der Waals surface area contributed by atoms with Crippen molar-refractivity contribution in [2.75, 3.05) is 6.61 Å². The van der Waals surface area contributed by atoms with E-state index in [4.69, 9.17) is 4.74 Å². The zero-order chi connectivity index (χ0) is 19.3. The number of nitrogens with one attached hydrogen (secondary N) is 1. The van der Waals surface area contributed by atoms with Crippen LogP contribution in [0.4, 0.5) is 4.79 Å². The lowest BCUT2D eigenvalue weighted by Gasteiger charge is -2.33. The van der Waals surface area contributed by atoms with Gasteiger partial charge in [0.25, 0.3) is 11.5 Å². The van der Waals surface area contributed by atoms with Gasteiger partial charge in [-0.25, -0.2) is 9.59 Å². The lowest BCUT2D eigenvalue weighted by Crippen LogP contribution is -2.47. The molecule has 1 aromatic carbocycles. The van der Waals surface area contributed by atoms with Gasteiger partial charge in [0.15, 0.2) is 5.54 Å². The first-order valence-corrected chi connectivity index (χ1v) is 8.47. The molecular formula is C18H18N4O5. The summed E-state index contributed by atoms with van der Waals surface area (Å²) >= 11 is 0. The Kier molecular flexibility index (Phi) is 3.69. The molecule has 1 fully saturated rings. The molecule has 1 saturated heterocycles. The van der Waals surface area contributed by atoms with Crippen LogP contribution in [0.25, 0.3) is 0 Å². The Balaban J connectivity index is 1.74. The average molecular weight is 370 g/mol. The predicted octanol–water partition coefficient (Wildman–Crippen LogP) is -0.186.